The minimum Gasteiger partial charge on any atom is -0.389 e. The van der Waals surface area contributed by atoms with Gasteiger partial charge in [-0.3, -0.25) is 0 Å². The van der Waals surface area contributed by atoms with Crippen LogP contribution in [0.1, 0.15) is 25.7 Å². The van der Waals surface area contributed by atoms with E-state index in [9.17, 15) is 10.2 Å². The number of hydrogen-bond acceptors (Lipinski definition) is 7. The largest absolute Gasteiger partial charge is 0.389 e. The fraction of sp³-hybridized carbons (Fsp3) is 1.00. The number of hydrogen-bond donors (Lipinski definition) is 4. The molecule has 7 heteroatoms. The molecule has 2 saturated heterocycles. The van der Waals surface area contributed by atoms with Crippen LogP contribution >= 0.6 is 0 Å². The van der Waals surface area contributed by atoms with Crippen LogP contribution in [0.25, 0.3) is 0 Å². The van der Waals surface area contributed by atoms with E-state index in [1.807, 2.05) is 0 Å². The lowest BCUT2D eigenvalue weighted by molar-refractivity contribution is -0.0294. The van der Waals surface area contributed by atoms with Crippen LogP contribution in [0.3, 0.4) is 0 Å². The average Bonchev–Trinajstić information content (AvgIpc) is 2.63. The Morgan fingerprint density at radius 2 is 1.16 bits per heavy atom. The van der Waals surface area contributed by atoms with Gasteiger partial charge in [-0.05, 0) is 66.0 Å². The SMILES string of the molecule is CN(C[C@H](O)COC[C@@H](O)CN(C)C1CCNCC1)C1CCNCC1. The summed E-state index contributed by atoms with van der Waals surface area (Å²) in [4.78, 5) is 4.46. The lowest BCUT2D eigenvalue weighted by atomic mass is 10.1. The quantitative estimate of drug-likeness (QED) is 0.403. The summed E-state index contributed by atoms with van der Waals surface area (Å²) in [6, 6.07) is 1.08. The van der Waals surface area contributed by atoms with Gasteiger partial charge in [-0.1, -0.05) is 0 Å². The minimum atomic E-state index is -0.505. The summed E-state index contributed by atoms with van der Waals surface area (Å²) in [5.74, 6) is 0. The summed E-state index contributed by atoms with van der Waals surface area (Å²) < 4.78 is 5.56. The molecule has 2 aliphatic rings. The second-order valence-electron chi connectivity index (χ2n) is 7.69. The predicted molar refractivity (Wildman–Crippen MR) is 99.9 cm³/mol. The summed E-state index contributed by atoms with van der Waals surface area (Å²) in [6.45, 7) is 6.02. The van der Waals surface area contributed by atoms with Crippen molar-refractivity contribution in [1.29, 1.82) is 0 Å². The zero-order valence-corrected chi connectivity index (χ0v) is 16.0. The molecule has 0 saturated carbocycles. The summed E-state index contributed by atoms with van der Waals surface area (Å²) in [5, 5.41) is 27.1. The van der Waals surface area contributed by atoms with Crippen molar-refractivity contribution in [2.45, 2.75) is 50.0 Å². The molecule has 2 heterocycles. The van der Waals surface area contributed by atoms with E-state index in [1.165, 1.54) is 0 Å². The van der Waals surface area contributed by atoms with Crippen LogP contribution in [0.4, 0.5) is 0 Å². The maximum Gasteiger partial charge on any atom is 0.0900 e. The monoisotopic (exact) mass is 358 g/mol. The molecule has 0 bridgehead atoms. The normalized spacial score (nSPS) is 23.3. The van der Waals surface area contributed by atoms with E-state index in [0.717, 1.165) is 51.9 Å². The van der Waals surface area contributed by atoms with E-state index < -0.39 is 12.2 Å². The van der Waals surface area contributed by atoms with Crippen molar-refractivity contribution in [2.24, 2.45) is 0 Å². The van der Waals surface area contributed by atoms with Crippen molar-refractivity contribution in [2.75, 3.05) is 66.6 Å². The maximum absolute atomic E-state index is 10.2. The van der Waals surface area contributed by atoms with Crippen molar-refractivity contribution >= 4 is 0 Å². The third-order valence-electron chi connectivity index (χ3n) is 5.48. The van der Waals surface area contributed by atoms with Crippen LogP contribution in [0, 0.1) is 0 Å². The highest BCUT2D eigenvalue weighted by atomic mass is 16.5. The number of aliphatic hydroxyl groups is 2. The van der Waals surface area contributed by atoms with Gasteiger partial charge < -0.3 is 35.4 Å². The van der Waals surface area contributed by atoms with Gasteiger partial charge in [-0.25, -0.2) is 0 Å². The number of piperidine rings is 2. The molecular weight excluding hydrogens is 320 g/mol. The molecule has 2 atom stereocenters. The third kappa shape index (κ3) is 7.86. The standard InChI is InChI=1S/C18H38N4O3/c1-21(15-3-7-19-8-4-15)11-17(23)13-25-14-18(24)12-22(2)16-5-9-20-10-6-16/h15-20,23-24H,3-14H2,1-2H3/t17-,18-/m0/s1. The first kappa shape index (κ1) is 21.0. The van der Waals surface area contributed by atoms with Crippen LogP contribution in [-0.4, -0.2) is 111 Å². The van der Waals surface area contributed by atoms with Crippen molar-refractivity contribution in [3.8, 4) is 0 Å². The number of nitrogens with one attached hydrogen (secondary N) is 2. The minimum absolute atomic E-state index is 0.281. The molecule has 0 amide bonds. The molecular formula is C18H38N4O3. The van der Waals surface area contributed by atoms with E-state index >= 15 is 0 Å². The Labute approximate surface area is 152 Å². The van der Waals surface area contributed by atoms with Crippen LogP contribution < -0.4 is 10.6 Å². The topological polar surface area (TPSA) is 80.2 Å². The van der Waals surface area contributed by atoms with Crippen LogP contribution in [-0.2, 0) is 4.74 Å². The number of rotatable bonds is 10. The first-order chi connectivity index (χ1) is 12.1. The Morgan fingerprint density at radius 1 is 0.800 bits per heavy atom. The molecule has 25 heavy (non-hydrogen) atoms. The molecule has 7 nitrogen and oxygen atoms in total. The lowest BCUT2D eigenvalue weighted by Crippen LogP contribution is -2.45. The second kappa shape index (κ2) is 11.4. The van der Waals surface area contributed by atoms with Crippen LogP contribution in [0.5, 0.6) is 0 Å². The Bertz CT molecular complexity index is 317. The van der Waals surface area contributed by atoms with E-state index in [4.69, 9.17) is 4.74 Å². The summed E-state index contributed by atoms with van der Waals surface area (Å²) >= 11 is 0. The van der Waals surface area contributed by atoms with Crippen molar-refractivity contribution < 1.29 is 14.9 Å². The van der Waals surface area contributed by atoms with Gasteiger partial charge in [-0.15, -0.1) is 0 Å². The van der Waals surface area contributed by atoms with Gasteiger partial charge in [0.1, 0.15) is 0 Å². The summed E-state index contributed by atoms with van der Waals surface area (Å²) in [5.41, 5.74) is 0. The highest BCUT2D eigenvalue weighted by molar-refractivity contribution is 4.78. The zero-order valence-electron chi connectivity index (χ0n) is 16.0. The van der Waals surface area contributed by atoms with Crippen molar-refractivity contribution in [3.63, 3.8) is 0 Å². The predicted octanol–water partition coefficient (Wildman–Crippen LogP) is -0.908. The highest BCUT2D eigenvalue weighted by Crippen LogP contribution is 2.11. The van der Waals surface area contributed by atoms with Crippen molar-refractivity contribution in [1.82, 2.24) is 20.4 Å². The molecule has 2 fully saturated rings. The Kier molecular flexibility index (Phi) is 9.62. The van der Waals surface area contributed by atoms with E-state index in [2.05, 4.69) is 34.5 Å². The number of ether oxygens (including phenoxy) is 1. The van der Waals surface area contributed by atoms with Gasteiger partial charge in [0.15, 0.2) is 0 Å². The Hall–Kier alpha value is -0.280. The molecule has 0 radical (unpaired) electrons. The smallest absolute Gasteiger partial charge is 0.0900 e. The van der Waals surface area contributed by atoms with E-state index in [1.54, 1.807) is 0 Å². The molecule has 2 aliphatic heterocycles. The van der Waals surface area contributed by atoms with E-state index in [-0.39, 0.29) is 13.2 Å². The molecule has 0 aromatic rings. The molecule has 0 unspecified atom stereocenters. The fourth-order valence-corrected chi connectivity index (χ4v) is 3.90. The van der Waals surface area contributed by atoms with Crippen LogP contribution in [0.2, 0.25) is 0 Å². The fourth-order valence-electron chi connectivity index (χ4n) is 3.90. The second-order valence-corrected chi connectivity index (χ2v) is 7.69. The highest BCUT2D eigenvalue weighted by Gasteiger charge is 2.21. The maximum atomic E-state index is 10.2. The molecule has 0 aliphatic carbocycles. The first-order valence-electron chi connectivity index (χ1n) is 9.82. The Balaban J connectivity index is 1.55. The summed E-state index contributed by atoms with van der Waals surface area (Å²) in [7, 11) is 4.14. The third-order valence-corrected chi connectivity index (χ3v) is 5.48. The van der Waals surface area contributed by atoms with Crippen LogP contribution in [0.15, 0.2) is 0 Å². The molecule has 4 N–H and O–H groups in total. The average molecular weight is 359 g/mol. The lowest BCUT2D eigenvalue weighted by Gasteiger charge is -2.33. The van der Waals surface area contributed by atoms with Gasteiger partial charge in [0.2, 0.25) is 0 Å². The van der Waals surface area contributed by atoms with Gasteiger partial charge in [-0.2, -0.15) is 0 Å². The van der Waals surface area contributed by atoms with Crippen molar-refractivity contribution in [3.05, 3.63) is 0 Å². The molecule has 148 valence electrons. The molecule has 0 spiro atoms. The van der Waals surface area contributed by atoms with Gasteiger partial charge >= 0.3 is 0 Å². The zero-order chi connectivity index (χ0) is 18.1. The number of aliphatic hydroxyl groups excluding tert-OH is 2. The Morgan fingerprint density at radius 3 is 1.52 bits per heavy atom. The number of nitrogens with zero attached hydrogens (tertiary/aromatic N) is 2. The van der Waals surface area contributed by atoms with E-state index in [0.29, 0.717) is 25.2 Å². The summed E-state index contributed by atoms with van der Waals surface area (Å²) in [6.07, 6.45) is 3.51. The van der Waals surface area contributed by atoms with Gasteiger partial charge in [0.05, 0.1) is 25.4 Å². The number of likely N-dealkylation sites (N-methyl/N-ethyl adjacent to an activating group) is 2. The molecule has 2 rings (SSSR count). The first-order valence-corrected chi connectivity index (χ1v) is 9.82. The molecule has 0 aromatic heterocycles. The van der Waals surface area contributed by atoms with Gasteiger partial charge in [0, 0.05) is 25.2 Å². The molecule has 0 aromatic carbocycles. The van der Waals surface area contributed by atoms with Gasteiger partial charge in [0.25, 0.3) is 0 Å².